The van der Waals surface area contributed by atoms with Gasteiger partial charge in [0.1, 0.15) is 0 Å². The van der Waals surface area contributed by atoms with Crippen molar-refractivity contribution in [2.45, 2.75) is 38.6 Å². The van der Waals surface area contributed by atoms with Gasteiger partial charge in [-0.15, -0.1) is 0 Å². The Balaban J connectivity index is 2.36. The molecular weight excluding hydrogens is 172 g/mol. The summed E-state index contributed by atoms with van der Waals surface area (Å²) in [6.07, 6.45) is 5.11. The minimum Gasteiger partial charge on any atom is -0.311 e. The van der Waals surface area contributed by atoms with Crippen LogP contribution in [0.15, 0.2) is 18.5 Å². The number of rotatable bonds is 1. The van der Waals surface area contributed by atoms with Crippen molar-refractivity contribution in [2.24, 2.45) is 0 Å². The smallest absolute Gasteiger partial charge is 0.0306 e. The lowest BCUT2D eigenvalue weighted by Crippen LogP contribution is -2.37. The highest BCUT2D eigenvalue weighted by Gasteiger charge is 2.35. The van der Waals surface area contributed by atoms with E-state index in [-0.39, 0.29) is 5.54 Å². The minimum absolute atomic E-state index is 0.216. The van der Waals surface area contributed by atoms with E-state index in [9.17, 15) is 0 Å². The summed E-state index contributed by atoms with van der Waals surface area (Å²) in [6.45, 7) is 7.84. The number of pyridine rings is 1. The molecule has 1 N–H and O–H groups in total. The van der Waals surface area contributed by atoms with Crippen LogP contribution in [0.2, 0.25) is 0 Å². The standard InChI is InChI=1S/C12H18N2/c1-9-4-6-13-8-10(9)11-5-7-14-12(11,2)3/h4,6,8,11,14H,5,7H2,1-3H3. The van der Waals surface area contributed by atoms with Crippen LogP contribution < -0.4 is 5.32 Å². The molecule has 76 valence electrons. The van der Waals surface area contributed by atoms with Crippen molar-refractivity contribution in [2.75, 3.05) is 6.54 Å². The molecule has 2 rings (SSSR count). The Morgan fingerprint density at radius 3 is 2.86 bits per heavy atom. The second-order valence-corrected chi connectivity index (χ2v) is 4.72. The maximum Gasteiger partial charge on any atom is 0.0306 e. The van der Waals surface area contributed by atoms with Crippen molar-refractivity contribution in [3.8, 4) is 0 Å². The lowest BCUT2D eigenvalue weighted by atomic mass is 9.82. The average molecular weight is 190 g/mol. The maximum absolute atomic E-state index is 4.23. The van der Waals surface area contributed by atoms with Gasteiger partial charge in [-0.1, -0.05) is 0 Å². The van der Waals surface area contributed by atoms with E-state index in [1.807, 2.05) is 12.4 Å². The number of hydrogen-bond acceptors (Lipinski definition) is 2. The van der Waals surface area contributed by atoms with Crippen LogP contribution in [0.5, 0.6) is 0 Å². The first kappa shape index (κ1) is 9.66. The van der Waals surface area contributed by atoms with Crippen LogP contribution in [0.4, 0.5) is 0 Å². The van der Waals surface area contributed by atoms with Gasteiger partial charge in [-0.3, -0.25) is 4.98 Å². The molecule has 1 fully saturated rings. The van der Waals surface area contributed by atoms with E-state index in [4.69, 9.17) is 0 Å². The molecule has 1 atom stereocenters. The molecule has 1 saturated heterocycles. The third kappa shape index (κ3) is 1.55. The molecule has 0 aliphatic carbocycles. The molecule has 1 aliphatic rings. The lowest BCUT2D eigenvalue weighted by Gasteiger charge is -2.28. The zero-order chi connectivity index (χ0) is 10.2. The van der Waals surface area contributed by atoms with Gasteiger partial charge in [-0.05, 0) is 50.9 Å². The third-order valence-corrected chi connectivity index (χ3v) is 3.34. The highest BCUT2D eigenvalue weighted by atomic mass is 15.0. The molecule has 1 aliphatic heterocycles. The van der Waals surface area contributed by atoms with Gasteiger partial charge in [-0.25, -0.2) is 0 Å². The van der Waals surface area contributed by atoms with Gasteiger partial charge >= 0.3 is 0 Å². The molecule has 14 heavy (non-hydrogen) atoms. The van der Waals surface area contributed by atoms with Crippen molar-refractivity contribution < 1.29 is 0 Å². The number of nitrogens with zero attached hydrogens (tertiary/aromatic N) is 1. The Morgan fingerprint density at radius 1 is 1.50 bits per heavy atom. The molecule has 0 aromatic carbocycles. The highest BCUT2D eigenvalue weighted by Crippen LogP contribution is 2.36. The van der Waals surface area contributed by atoms with Gasteiger partial charge in [0.25, 0.3) is 0 Å². The number of nitrogens with one attached hydrogen (secondary N) is 1. The van der Waals surface area contributed by atoms with Crippen LogP contribution in [0.1, 0.15) is 37.3 Å². The molecule has 0 spiro atoms. The molecule has 0 saturated carbocycles. The summed E-state index contributed by atoms with van der Waals surface area (Å²) in [5, 5.41) is 3.54. The minimum atomic E-state index is 0.216. The maximum atomic E-state index is 4.23. The Hall–Kier alpha value is -0.890. The van der Waals surface area contributed by atoms with E-state index in [0.717, 1.165) is 6.54 Å². The molecule has 1 aromatic rings. The summed E-state index contributed by atoms with van der Waals surface area (Å²) in [5.74, 6) is 0.608. The first-order chi connectivity index (χ1) is 6.61. The van der Waals surface area contributed by atoms with E-state index < -0.39 is 0 Å². The molecular formula is C12H18N2. The van der Waals surface area contributed by atoms with E-state index in [2.05, 4.69) is 37.1 Å². The zero-order valence-corrected chi connectivity index (χ0v) is 9.17. The van der Waals surface area contributed by atoms with E-state index in [1.165, 1.54) is 17.5 Å². The zero-order valence-electron chi connectivity index (χ0n) is 9.17. The number of hydrogen-bond donors (Lipinski definition) is 1. The average Bonchev–Trinajstić information content (AvgIpc) is 2.46. The van der Waals surface area contributed by atoms with Crippen molar-refractivity contribution in [3.63, 3.8) is 0 Å². The van der Waals surface area contributed by atoms with Crippen LogP contribution in [0, 0.1) is 6.92 Å². The van der Waals surface area contributed by atoms with Crippen molar-refractivity contribution in [1.82, 2.24) is 10.3 Å². The van der Waals surface area contributed by atoms with Crippen molar-refractivity contribution in [3.05, 3.63) is 29.6 Å². The normalized spacial score (nSPS) is 25.2. The SMILES string of the molecule is Cc1ccncc1C1CCNC1(C)C. The molecule has 1 unspecified atom stereocenters. The quantitative estimate of drug-likeness (QED) is 0.734. The molecule has 1 aromatic heterocycles. The molecule has 2 heteroatoms. The first-order valence-electron chi connectivity index (χ1n) is 5.27. The summed E-state index contributed by atoms with van der Waals surface area (Å²) < 4.78 is 0. The summed E-state index contributed by atoms with van der Waals surface area (Å²) in [7, 11) is 0. The monoisotopic (exact) mass is 190 g/mol. The second-order valence-electron chi connectivity index (χ2n) is 4.72. The summed E-state index contributed by atoms with van der Waals surface area (Å²) in [5.41, 5.74) is 2.98. The molecule has 2 heterocycles. The Bertz CT molecular complexity index is 331. The number of aryl methyl sites for hydroxylation is 1. The van der Waals surface area contributed by atoms with Crippen LogP contribution in [0.25, 0.3) is 0 Å². The van der Waals surface area contributed by atoms with Gasteiger partial charge in [0.15, 0.2) is 0 Å². The lowest BCUT2D eigenvalue weighted by molar-refractivity contribution is 0.409. The second kappa shape index (κ2) is 3.35. The van der Waals surface area contributed by atoms with E-state index >= 15 is 0 Å². The molecule has 0 radical (unpaired) electrons. The highest BCUT2D eigenvalue weighted by molar-refractivity contribution is 5.29. The predicted molar refractivity (Wildman–Crippen MR) is 58.4 cm³/mol. The van der Waals surface area contributed by atoms with Crippen LogP contribution in [-0.4, -0.2) is 17.1 Å². The van der Waals surface area contributed by atoms with Crippen LogP contribution in [-0.2, 0) is 0 Å². The Morgan fingerprint density at radius 2 is 2.29 bits per heavy atom. The summed E-state index contributed by atoms with van der Waals surface area (Å²) >= 11 is 0. The molecule has 0 amide bonds. The molecule has 2 nitrogen and oxygen atoms in total. The van der Waals surface area contributed by atoms with Gasteiger partial charge in [0.2, 0.25) is 0 Å². The molecule has 0 bridgehead atoms. The topological polar surface area (TPSA) is 24.9 Å². The van der Waals surface area contributed by atoms with Gasteiger partial charge in [-0.2, -0.15) is 0 Å². The van der Waals surface area contributed by atoms with Gasteiger partial charge in [0, 0.05) is 23.9 Å². The third-order valence-electron chi connectivity index (χ3n) is 3.34. The van der Waals surface area contributed by atoms with Crippen LogP contribution in [0.3, 0.4) is 0 Å². The van der Waals surface area contributed by atoms with Crippen molar-refractivity contribution >= 4 is 0 Å². The largest absolute Gasteiger partial charge is 0.311 e. The van der Waals surface area contributed by atoms with E-state index in [1.54, 1.807) is 0 Å². The predicted octanol–water partition coefficient (Wildman–Crippen LogP) is 2.25. The summed E-state index contributed by atoms with van der Waals surface area (Å²) in [4.78, 5) is 4.23. The fraction of sp³-hybridized carbons (Fsp3) is 0.583. The van der Waals surface area contributed by atoms with E-state index in [0.29, 0.717) is 5.92 Å². The van der Waals surface area contributed by atoms with Crippen molar-refractivity contribution in [1.29, 1.82) is 0 Å². The fourth-order valence-electron chi connectivity index (χ4n) is 2.41. The van der Waals surface area contributed by atoms with Gasteiger partial charge < -0.3 is 5.32 Å². The first-order valence-corrected chi connectivity index (χ1v) is 5.27. The van der Waals surface area contributed by atoms with Gasteiger partial charge in [0.05, 0.1) is 0 Å². The Labute approximate surface area is 85.7 Å². The Kier molecular flexibility index (Phi) is 2.31. The summed E-state index contributed by atoms with van der Waals surface area (Å²) in [6, 6.07) is 2.10. The van der Waals surface area contributed by atoms with Crippen LogP contribution >= 0.6 is 0 Å². The number of aromatic nitrogens is 1. The fourth-order valence-corrected chi connectivity index (χ4v) is 2.41.